The third kappa shape index (κ3) is 7.13. The number of nitrogens with zero attached hydrogens (tertiary/aromatic N) is 3. The number of carbonyl (C=O) groups is 2. The summed E-state index contributed by atoms with van der Waals surface area (Å²) in [5.74, 6) is -0.144. The van der Waals surface area contributed by atoms with Gasteiger partial charge in [0.1, 0.15) is 0 Å². The van der Waals surface area contributed by atoms with Gasteiger partial charge in [0.15, 0.2) is 0 Å². The van der Waals surface area contributed by atoms with Crippen molar-refractivity contribution in [1.82, 2.24) is 20.0 Å². The molecule has 0 radical (unpaired) electrons. The van der Waals surface area contributed by atoms with Crippen LogP contribution in [-0.2, 0) is 12.6 Å². The van der Waals surface area contributed by atoms with Gasteiger partial charge < -0.3 is 20.0 Å². The molecule has 0 spiro atoms. The van der Waals surface area contributed by atoms with E-state index in [-0.39, 0.29) is 18.0 Å². The standard InChI is InChI=1S/C33H37F3N4O2/c1-38(31(41)27-11-9-25(10-12-27)26-13-15-28(16-14-26)33(34,35)36)30-18-21-40(23-30)32(42)39-20-17-29(22-39)37-19-5-8-24-6-3-2-4-7-24/h2-4,6-7,9-16,29-30,37H,5,8,17-23H2,1H3/t29-,30+/m0/s1. The van der Waals surface area contributed by atoms with Crippen LogP contribution in [0.3, 0.4) is 0 Å². The van der Waals surface area contributed by atoms with Gasteiger partial charge in [0.2, 0.25) is 0 Å². The predicted octanol–water partition coefficient (Wildman–Crippen LogP) is 5.94. The SMILES string of the molecule is CN(C(=O)c1ccc(-c2ccc(C(F)(F)F)cc2)cc1)[C@@H]1CCN(C(=O)N2CC[C@H](NCCCc3ccccc3)C2)C1. The molecular formula is C33H37F3N4O2. The molecule has 0 aliphatic carbocycles. The zero-order valence-corrected chi connectivity index (χ0v) is 23.8. The Hall–Kier alpha value is -3.85. The van der Waals surface area contributed by atoms with E-state index in [0.29, 0.717) is 43.2 Å². The molecule has 2 saturated heterocycles. The van der Waals surface area contributed by atoms with Crippen LogP contribution in [0, 0.1) is 0 Å². The Morgan fingerprint density at radius 3 is 2.14 bits per heavy atom. The first-order valence-corrected chi connectivity index (χ1v) is 14.5. The molecule has 0 saturated carbocycles. The summed E-state index contributed by atoms with van der Waals surface area (Å²) in [4.78, 5) is 31.9. The summed E-state index contributed by atoms with van der Waals surface area (Å²) in [6.07, 6.45) is -0.632. The molecule has 222 valence electrons. The van der Waals surface area contributed by atoms with Gasteiger partial charge in [-0.25, -0.2) is 4.79 Å². The summed E-state index contributed by atoms with van der Waals surface area (Å²) in [6, 6.07) is 22.6. The van der Waals surface area contributed by atoms with E-state index >= 15 is 0 Å². The van der Waals surface area contributed by atoms with Crippen LogP contribution in [0.15, 0.2) is 78.9 Å². The number of alkyl halides is 3. The van der Waals surface area contributed by atoms with Crippen molar-refractivity contribution in [2.24, 2.45) is 0 Å². The topological polar surface area (TPSA) is 55.9 Å². The number of likely N-dealkylation sites (N-methyl/N-ethyl adjacent to an activating group) is 1. The van der Waals surface area contributed by atoms with E-state index in [0.717, 1.165) is 50.0 Å². The van der Waals surface area contributed by atoms with Crippen molar-refractivity contribution in [1.29, 1.82) is 0 Å². The molecule has 2 atom stereocenters. The second-order valence-corrected chi connectivity index (χ2v) is 11.2. The van der Waals surface area contributed by atoms with Crippen LogP contribution in [0.2, 0.25) is 0 Å². The highest BCUT2D eigenvalue weighted by molar-refractivity contribution is 5.95. The van der Waals surface area contributed by atoms with Gasteiger partial charge >= 0.3 is 12.2 Å². The minimum absolute atomic E-state index is 0.0350. The van der Waals surface area contributed by atoms with E-state index in [1.165, 1.54) is 17.7 Å². The number of hydrogen-bond donors (Lipinski definition) is 1. The first kappa shape index (κ1) is 29.6. The van der Waals surface area contributed by atoms with Crippen molar-refractivity contribution in [3.63, 3.8) is 0 Å². The van der Waals surface area contributed by atoms with Gasteiger partial charge in [-0.2, -0.15) is 13.2 Å². The number of aryl methyl sites for hydroxylation is 1. The molecule has 2 aliphatic rings. The smallest absolute Gasteiger partial charge is 0.337 e. The molecule has 9 heteroatoms. The Morgan fingerprint density at radius 2 is 1.48 bits per heavy atom. The first-order valence-electron chi connectivity index (χ1n) is 14.5. The summed E-state index contributed by atoms with van der Waals surface area (Å²) in [6.45, 7) is 3.46. The maximum atomic E-state index is 13.2. The van der Waals surface area contributed by atoms with Crippen molar-refractivity contribution in [2.45, 2.75) is 43.9 Å². The number of nitrogens with one attached hydrogen (secondary N) is 1. The number of likely N-dealkylation sites (tertiary alicyclic amines) is 2. The number of carbonyl (C=O) groups excluding carboxylic acids is 2. The molecule has 3 aromatic rings. The van der Waals surface area contributed by atoms with Gasteiger partial charge in [0.25, 0.3) is 5.91 Å². The van der Waals surface area contributed by atoms with Gasteiger partial charge in [-0.1, -0.05) is 54.6 Å². The minimum Gasteiger partial charge on any atom is -0.337 e. The second-order valence-electron chi connectivity index (χ2n) is 11.2. The number of urea groups is 1. The van der Waals surface area contributed by atoms with Crippen LogP contribution in [0.4, 0.5) is 18.0 Å². The van der Waals surface area contributed by atoms with E-state index in [1.54, 1.807) is 36.2 Å². The molecule has 42 heavy (non-hydrogen) atoms. The zero-order valence-electron chi connectivity index (χ0n) is 23.8. The van der Waals surface area contributed by atoms with Crippen molar-refractivity contribution >= 4 is 11.9 Å². The van der Waals surface area contributed by atoms with E-state index in [1.807, 2.05) is 15.9 Å². The fourth-order valence-corrected chi connectivity index (χ4v) is 5.80. The largest absolute Gasteiger partial charge is 0.416 e. The predicted molar refractivity (Wildman–Crippen MR) is 157 cm³/mol. The molecule has 5 rings (SSSR count). The fourth-order valence-electron chi connectivity index (χ4n) is 5.80. The molecule has 3 aromatic carbocycles. The molecule has 6 nitrogen and oxygen atoms in total. The summed E-state index contributed by atoms with van der Waals surface area (Å²) in [7, 11) is 1.76. The van der Waals surface area contributed by atoms with Gasteiger partial charge in [-0.3, -0.25) is 4.79 Å². The maximum Gasteiger partial charge on any atom is 0.416 e. The third-order valence-electron chi connectivity index (χ3n) is 8.36. The summed E-state index contributed by atoms with van der Waals surface area (Å²) >= 11 is 0. The van der Waals surface area contributed by atoms with Gasteiger partial charge in [0, 0.05) is 44.8 Å². The average molecular weight is 579 g/mol. The third-order valence-corrected chi connectivity index (χ3v) is 8.36. The highest BCUT2D eigenvalue weighted by Crippen LogP contribution is 2.31. The van der Waals surface area contributed by atoms with Crippen molar-refractivity contribution in [3.8, 4) is 11.1 Å². The summed E-state index contributed by atoms with van der Waals surface area (Å²) in [5, 5.41) is 3.60. The van der Waals surface area contributed by atoms with Gasteiger partial charge in [-0.05, 0) is 73.2 Å². The van der Waals surface area contributed by atoms with E-state index < -0.39 is 11.7 Å². The number of hydrogen-bond acceptors (Lipinski definition) is 3. The van der Waals surface area contributed by atoms with Gasteiger partial charge in [0.05, 0.1) is 11.6 Å². The van der Waals surface area contributed by atoms with Crippen LogP contribution in [0.25, 0.3) is 11.1 Å². The second kappa shape index (κ2) is 13.0. The number of rotatable bonds is 8. The number of benzene rings is 3. The monoisotopic (exact) mass is 578 g/mol. The molecule has 0 bridgehead atoms. The van der Waals surface area contributed by atoms with Crippen LogP contribution in [0.1, 0.15) is 40.7 Å². The lowest BCUT2D eigenvalue weighted by atomic mass is 10.0. The van der Waals surface area contributed by atoms with Crippen molar-refractivity contribution < 1.29 is 22.8 Å². The summed E-state index contributed by atoms with van der Waals surface area (Å²) in [5.41, 5.74) is 2.52. The van der Waals surface area contributed by atoms with Crippen LogP contribution in [0.5, 0.6) is 0 Å². The normalized spacial score (nSPS) is 18.9. The first-order chi connectivity index (χ1) is 20.2. The molecule has 2 aliphatic heterocycles. The Kier molecular flexibility index (Phi) is 9.16. The Bertz CT molecular complexity index is 1350. The lowest BCUT2D eigenvalue weighted by molar-refractivity contribution is -0.137. The Morgan fingerprint density at radius 1 is 0.857 bits per heavy atom. The number of amides is 3. The molecule has 3 amide bonds. The molecular weight excluding hydrogens is 541 g/mol. The maximum absolute atomic E-state index is 13.2. The van der Waals surface area contributed by atoms with Crippen LogP contribution in [-0.4, -0.2) is 78.5 Å². The highest BCUT2D eigenvalue weighted by atomic mass is 19.4. The van der Waals surface area contributed by atoms with Crippen LogP contribution < -0.4 is 5.32 Å². The van der Waals surface area contributed by atoms with Crippen LogP contribution >= 0.6 is 0 Å². The lowest BCUT2D eigenvalue weighted by Gasteiger charge is -2.27. The van der Waals surface area contributed by atoms with Crippen molar-refractivity contribution in [2.75, 3.05) is 39.8 Å². The zero-order chi connectivity index (χ0) is 29.7. The fraction of sp³-hybridized carbons (Fsp3) is 0.394. The molecule has 2 heterocycles. The number of halogens is 3. The average Bonchev–Trinajstić information content (AvgIpc) is 3.69. The molecule has 0 aromatic heterocycles. The molecule has 2 fully saturated rings. The summed E-state index contributed by atoms with van der Waals surface area (Å²) < 4.78 is 38.6. The van der Waals surface area contributed by atoms with Crippen molar-refractivity contribution in [3.05, 3.63) is 95.6 Å². The minimum atomic E-state index is -4.38. The highest BCUT2D eigenvalue weighted by Gasteiger charge is 2.35. The Labute approximate surface area is 245 Å². The quantitative estimate of drug-likeness (QED) is 0.337. The molecule has 1 N–H and O–H groups in total. The molecule has 0 unspecified atom stereocenters. The van der Waals surface area contributed by atoms with E-state index in [4.69, 9.17) is 0 Å². The van der Waals surface area contributed by atoms with Gasteiger partial charge in [-0.15, -0.1) is 0 Å². The Balaban J connectivity index is 1.08. The van der Waals surface area contributed by atoms with E-state index in [2.05, 4.69) is 29.6 Å². The lowest BCUT2D eigenvalue weighted by Crippen LogP contribution is -2.45. The van der Waals surface area contributed by atoms with E-state index in [9.17, 15) is 22.8 Å².